The van der Waals surface area contributed by atoms with Gasteiger partial charge < -0.3 is 10.4 Å². The monoisotopic (exact) mass is 289 g/mol. The number of hydrogen-bond donors (Lipinski definition) is 2. The van der Waals surface area contributed by atoms with Gasteiger partial charge in [-0.1, -0.05) is 15.9 Å². The second-order valence-corrected chi connectivity index (χ2v) is 5.27. The molecule has 15 heavy (non-hydrogen) atoms. The topological polar surface area (TPSA) is 32.3 Å². The smallest absolute Gasteiger partial charge is 0.0446 e. The van der Waals surface area contributed by atoms with E-state index in [1.165, 1.54) is 4.90 Å². The number of hydrogen-bond acceptors (Lipinski definition) is 3. The Morgan fingerprint density at radius 3 is 2.60 bits per heavy atom. The van der Waals surface area contributed by atoms with Crippen LogP contribution in [0.1, 0.15) is 6.42 Å². The molecule has 0 amide bonds. The first-order valence-corrected chi connectivity index (χ1v) is 6.70. The third-order valence-electron chi connectivity index (χ3n) is 2.15. The van der Waals surface area contributed by atoms with Gasteiger partial charge in [-0.15, -0.1) is 11.8 Å². The highest BCUT2D eigenvalue weighted by Crippen LogP contribution is 2.21. The second-order valence-electron chi connectivity index (χ2n) is 3.26. The zero-order valence-corrected chi connectivity index (χ0v) is 11.1. The average molecular weight is 290 g/mol. The summed E-state index contributed by atoms with van der Waals surface area (Å²) in [6.45, 7) is 0.242. The van der Waals surface area contributed by atoms with E-state index in [-0.39, 0.29) is 6.61 Å². The lowest BCUT2D eigenvalue weighted by Crippen LogP contribution is -2.28. The number of aliphatic hydroxyl groups is 1. The van der Waals surface area contributed by atoms with Gasteiger partial charge in [0.1, 0.15) is 0 Å². The van der Waals surface area contributed by atoms with Crippen LogP contribution in [0.5, 0.6) is 0 Å². The first kappa shape index (κ1) is 13.0. The van der Waals surface area contributed by atoms with E-state index in [2.05, 4.69) is 33.4 Å². The number of nitrogens with one attached hydrogen (secondary N) is 1. The van der Waals surface area contributed by atoms with Gasteiger partial charge in [-0.05, 0) is 37.7 Å². The molecule has 1 unspecified atom stereocenters. The van der Waals surface area contributed by atoms with Crippen molar-refractivity contribution in [1.82, 2.24) is 5.32 Å². The zero-order chi connectivity index (χ0) is 11.1. The minimum Gasteiger partial charge on any atom is -0.396 e. The van der Waals surface area contributed by atoms with Crippen molar-refractivity contribution in [3.8, 4) is 0 Å². The normalized spacial score (nSPS) is 12.7. The van der Waals surface area contributed by atoms with E-state index in [1.54, 1.807) is 0 Å². The third-order valence-corrected chi connectivity index (χ3v) is 3.85. The van der Waals surface area contributed by atoms with Crippen LogP contribution in [0.3, 0.4) is 0 Å². The van der Waals surface area contributed by atoms with Crippen LogP contribution in [0, 0.1) is 0 Å². The Morgan fingerprint density at radius 2 is 2.07 bits per heavy atom. The molecule has 0 aliphatic rings. The largest absolute Gasteiger partial charge is 0.396 e. The summed E-state index contributed by atoms with van der Waals surface area (Å²) >= 11 is 5.22. The maximum absolute atomic E-state index is 8.85. The number of thioether (sulfide) groups is 1. The van der Waals surface area contributed by atoms with Crippen molar-refractivity contribution >= 4 is 27.7 Å². The van der Waals surface area contributed by atoms with E-state index in [0.29, 0.717) is 6.04 Å². The van der Waals surface area contributed by atoms with Gasteiger partial charge in [0.05, 0.1) is 0 Å². The molecule has 0 aliphatic heterocycles. The molecule has 0 aromatic heterocycles. The standard InChI is InChI=1S/C11H16BrNOS/c1-13-10(6-7-14)8-15-11-4-2-9(12)3-5-11/h2-5,10,13-14H,6-8H2,1H3. The van der Waals surface area contributed by atoms with Crippen LogP contribution in [-0.4, -0.2) is 30.6 Å². The van der Waals surface area contributed by atoms with Crippen LogP contribution in [0.25, 0.3) is 0 Å². The number of benzene rings is 1. The lowest BCUT2D eigenvalue weighted by Gasteiger charge is -2.13. The van der Waals surface area contributed by atoms with Crippen LogP contribution in [0.2, 0.25) is 0 Å². The van der Waals surface area contributed by atoms with Crippen LogP contribution < -0.4 is 5.32 Å². The Hall–Kier alpha value is -0.0300. The maximum atomic E-state index is 8.85. The minimum atomic E-state index is 0.242. The van der Waals surface area contributed by atoms with E-state index < -0.39 is 0 Å². The molecule has 1 aromatic rings. The van der Waals surface area contributed by atoms with Crippen LogP contribution >= 0.6 is 27.7 Å². The molecule has 2 nitrogen and oxygen atoms in total. The van der Waals surface area contributed by atoms with Crippen LogP contribution in [0.4, 0.5) is 0 Å². The van der Waals surface area contributed by atoms with Crippen LogP contribution in [-0.2, 0) is 0 Å². The van der Waals surface area contributed by atoms with E-state index in [4.69, 9.17) is 5.11 Å². The molecule has 1 atom stereocenters. The number of aliphatic hydroxyl groups excluding tert-OH is 1. The summed E-state index contributed by atoms with van der Waals surface area (Å²) in [5.41, 5.74) is 0. The van der Waals surface area contributed by atoms with E-state index in [0.717, 1.165) is 16.6 Å². The lowest BCUT2D eigenvalue weighted by molar-refractivity contribution is 0.273. The van der Waals surface area contributed by atoms with Gasteiger partial charge in [0.25, 0.3) is 0 Å². The van der Waals surface area contributed by atoms with Crippen LogP contribution in [0.15, 0.2) is 33.6 Å². The van der Waals surface area contributed by atoms with Gasteiger partial charge in [-0.2, -0.15) is 0 Å². The zero-order valence-electron chi connectivity index (χ0n) is 8.74. The molecule has 0 saturated heterocycles. The Morgan fingerprint density at radius 1 is 1.40 bits per heavy atom. The third kappa shape index (κ3) is 5.02. The van der Waals surface area contributed by atoms with Crippen molar-refractivity contribution in [2.75, 3.05) is 19.4 Å². The maximum Gasteiger partial charge on any atom is 0.0446 e. The van der Waals surface area contributed by atoms with Crippen molar-refractivity contribution in [3.05, 3.63) is 28.7 Å². The molecular formula is C11H16BrNOS. The van der Waals surface area contributed by atoms with Gasteiger partial charge in [0, 0.05) is 27.8 Å². The summed E-state index contributed by atoms with van der Waals surface area (Å²) in [6, 6.07) is 8.66. The van der Waals surface area contributed by atoms with Gasteiger partial charge in [-0.3, -0.25) is 0 Å². The van der Waals surface area contributed by atoms with Gasteiger partial charge in [0.15, 0.2) is 0 Å². The van der Waals surface area contributed by atoms with Crippen molar-refractivity contribution < 1.29 is 5.11 Å². The van der Waals surface area contributed by atoms with Gasteiger partial charge >= 0.3 is 0 Å². The summed E-state index contributed by atoms with van der Waals surface area (Å²) in [5, 5.41) is 12.0. The molecule has 0 radical (unpaired) electrons. The fourth-order valence-electron chi connectivity index (χ4n) is 1.19. The fraction of sp³-hybridized carbons (Fsp3) is 0.455. The predicted molar refractivity (Wildman–Crippen MR) is 69.4 cm³/mol. The number of rotatable bonds is 6. The molecule has 0 heterocycles. The van der Waals surface area contributed by atoms with Gasteiger partial charge in [-0.25, -0.2) is 0 Å². The molecule has 4 heteroatoms. The summed E-state index contributed by atoms with van der Waals surface area (Å²) in [7, 11) is 1.93. The van der Waals surface area contributed by atoms with Crippen molar-refractivity contribution in [2.45, 2.75) is 17.4 Å². The lowest BCUT2D eigenvalue weighted by atomic mass is 10.2. The SMILES string of the molecule is CNC(CCO)CSc1ccc(Br)cc1. The molecule has 84 valence electrons. The van der Waals surface area contributed by atoms with Crippen molar-refractivity contribution in [1.29, 1.82) is 0 Å². The molecule has 0 saturated carbocycles. The highest BCUT2D eigenvalue weighted by atomic mass is 79.9. The summed E-state index contributed by atoms with van der Waals surface area (Å²) in [5.74, 6) is 0.985. The molecule has 1 aromatic carbocycles. The molecule has 0 spiro atoms. The fourth-order valence-corrected chi connectivity index (χ4v) is 2.51. The first-order valence-electron chi connectivity index (χ1n) is 4.92. The Labute approximate surface area is 104 Å². The van der Waals surface area contributed by atoms with E-state index in [1.807, 2.05) is 30.9 Å². The first-order chi connectivity index (χ1) is 7.26. The predicted octanol–water partition coefficient (Wildman–Crippen LogP) is 2.51. The quantitative estimate of drug-likeness (QED) is 0.790. The highest BCUT2D eigenvalue weighted by Gasteiger charge is 2.05. The summed E-state index contributed by atoms with van der Waals surface area (Å²) in [6.07, 6.45) is 0.806. The van der Waals surface area contributed by atoms with E-state index in [9.17, 15) is 0 Å². The minimum absolute atomic E-state index is 0.242. The number of halogens is 1. The molecule has 0 aliphatic carbocycles. The van der Waals surface area contributed by atoms with Crippen molar-refractivity contribution in [2.24, 2.45) is 0 Å². The Bertz CT molecular complexity index is 278. The second kappa shape index (κ2) is 7.28. The Balaban J connectivity index is 2.38. The Kier molecular flexibility index (Phi) is 6.32. The van der Waals surface area contributed by atoms with Gasteiger partial charge in [0.2, 0.25) is 0 Å². The molecular weight excluding hydrogens is 274 g/mol. The van der Waals surface area contributed by atoms with E-state index >= 15 is 0 Å². The molecule has 0 fully saturated rings. The molecule has 0 bridgehead atoms. The highest BCUT2D eigenvalue weighted by molar-refractivity contribution is 9.10. The average Bonchev–Trinajstić information content (AvgIpc) is 2.26. The summed E-state index contributed by atoms with van der Waals surface area (Å²) in [4.78, 5) is 1.26. The van der Waals surface area contributed by atoms with Crippen molar-refractivity contribution in [3.63, 3.8) is 0 Å². The summed E-state index contributed by atoms with van der Waals surface area (Å²) < 4.78 is 1.10. The molecule has 2 N–H and O–H groups in total. The molecule has 1 rings (SSSR count).